The highest BCUT2D eigenvalue weighted by atomic mass is 16.5. The van der Waals surface area contributed by atoms with Crippen LogP contribution in [0.25, 0.3) is 11.1 Å². The van der Waals surface area contributed by atoms with Crippen molar-refractivity contribution in [1.29, 1.82) is 0 Å². The molecule has 1 atom stereocenters. The van der Waals surface area contributed by atoms with E-state index in [2.05, 4.69) is 27.4 Å². The number of carbonyl (C=O) groups is 2. The molecule has 0 radical (unpaired) electrons. The van der Waals surface area contributed by atoms with Crippen molar-refractivity contribution in [2.45, 2.75) is 24.8 Å². The Balaban J connectivity index is 1.38. The van der Waals surface area contributed by atoms with Crippen molar-refractivity contribution in [3.8, 4) is 11.1 Å². The predicted octanol–water partition coefficient (Wildman–Crippen LogP) is 3.40. The Kier molecular flexibility index (Phi) is 5.70. The molecule has 1 amide bonds. The van der Waals surface area contributed by atoms with E-state index in [4.69, 9.17) is 4.74 Å². The van der Waals surface area contributed by atoms with Gasteiger partial charge >= 0.3 is 12.1 Å². The van der Waals surface area contributed by atoms with Crippen molar-refractivity contribution in [2.75, 3.05) is 6.61 Å². The van der Waals surface area contributed by atoms with Crippen molar-refractivity contribution >= 4 is 12.1 Å². The number of ether oxygens (including phenoxy) is 1. The van der Waals surface area contributed by atoms with Gasteiger partial charge < -0.3 is 15.2 Å². The second-order valence-corrected chi connectivity index (χ2v) is 7.10. The minimum absolute atomic E-state index is 0.0764. The van der Waals surface area contributed by atoms with E-state index in [9.17, 15) is 14.7 Å². The topological polar surface area (TPSA) is 101 Å². The van der Waals surface area contributed by atoms with E-state index in [-0.39, 0.29) is 18.9 Å². The summed E-state index contributed by atoms with van der Waals surface area (Å²) < 4.78 is 5.43. The van der Waals surface area contributed by atoms with E-state index >= 15 is 0 Å². The van der Waals surface area contributed by atoms with Crippen LogP contribution in [0.4, 0.5) is 4.79 Å². The summed E-state index contributed by atoms with van der Waals surface area (Å²) in [6.07, 6.45) is 2.87. The molecule has 2 aromatic carbocycles. The third-order valence-electron chi connectivity index (χ3n) is 5.27. The highest BCUT2D eigenvalue weighted by molar-refractivity contribution is 5.81. The van der Waals surface area contributed by atoms with Crippen LogP contribution in [0.3, 0.4) is 0 Å². The van der Waals surface area contributed by atoms with Crippen molar-refractivity contribution < 1.29 is 19.4 Å². The first-order chi connectivity index (χ1) is 14.6. The highest BCUT2D eigenvalue weighted by Crippen LogP contribution is 2.44. The van der Waals surface area contributed by atoms with Gasteiger partial charge in [-0.05, 0) is 41.2 Å². The van der Waals surface area contributed by atoms with E-state index in [1.807, 2.05) is 36.4 Å². The number of carboxylic acids is 1. The molecule has 0 saturated carbocycles. The molecule has 0 bridgehead atoms. The summed E-state index contributed by atoms with van der Waals surface area (Å²) >= 11 is 0. The number of rotatable bonds is 7. The maximum absolute atomic E-state index is 12.3. The van der Waals surface area contributed by atoms with E-state index in [1.54, 1.807) is 12.3 Å². The van der Waals surface area contributed by atoms with Gasteiger partial charge in [-0.2, -0.15) is 0 Å². The summed E-state index contributed by atoms with van der Waals surface area (Å²) in [6.45, 7) is 0.137. The van der Waals surface area contributed by atoms with Gasteiger partial charge in [0.25, 0.3) is 0 Å². The van der Waals surface area contributed by atoms with Gasteiger partial charge in [-0.1, -0.05) is 48.5 Å². The van der Waals surface area contributed by atoms with E-state index in [0.717, 1.165) is 22.3 Å². The fourth-order valence-electron chi connectivity index (χ4n) is 3.80. The Morgan fingerprint density at radius 1 is 1.03 bits per heavy atom. The summed E-state index contributed by atoms with van der Waals surface area (Å²) in [7, 11) is 0. The lowest BCUT2D eigenvalue weighted by molar-refractivity contribution is -0.139. The molecule has 1 aliphatic carbocycles. The molecule has 152 valence electrons. The molecule has 7 nitrogen and oxygen atoms in total. The smallest absolute Gasteiger partial charge is 0.407 e. The fourth-order valence-corrected chi connectivity index (χ4v) is 3.80. The van der Waals surface area contributed by atoms with Crippen LogP contribution in [0, 0.1) is 0 Å². The zero-order valence-corrected chi connectivity index (χ0v) is 16.2. The molecule has 4 rings (SSSR count). The van der Waals surface area contributed by atoms with Crippen molar-refractivity contribution in [1.82, 2.24) is 15.3 Å². The Labute approximate surface area is 173 Å². The maximum Gasteiger partial charge on any atom is 0.407 e. The second-order valence-electron chi connectivity index (χ2n) is 7.10. The zero-order chi connectivity index (χ0) is 20.9. The minimum atomic E-state index is -1.11. The lowest BCUT2D eigenvalue weighted by Crippen LogP contribution is -2.41. The monoisotopic (exact) mass is 403 g/mol. The average Bonchev–Trinajstić information content (AvgIpc) is 3.09. The number of amides is 1. The van der Waals surface area contributed by atoms with Gasteiger partial charge in [-0.15, -0.1) is 0 Å². The largest absolute Gasteiger partial charge is 0.480 e. The van der Waals surface area contributed by atoms with Crippen LogP contribution in [0.1, 0.15) is 29.2 Å². The number of alkyl carbamates (subject to hydrolysis) is 1. The number of aromatic nitrogens is 2. The number of nitrogens with zero attached hydrogens (tertiary/aromatic N) is 2. The van der Waals surface area contributed by atoms with E-state index < -0.39 is 18.1 Å². The number of aryl methyl sites for hydroxylation is 1. The van der Waals surface area contributed by atoms with Gasteiger partial charge in [0, 0.05) is 17.8 Å². The molecule has 30 heavy (non-hydrogen) atoms. The molecule has 0 fully saturated rings. The van der Waals surface area contributed by atoms with E-state index in [0.29, 0.717) is 12.1 Å². The van der Waals surface area contributed by atoms with Crippen LogP contribution >= 0.6 is 0 Å². The zero-order valence-electron chi connectivity index (χ0n) is 16.2. The number of fused-ring (bicyclic) bond motifs is 3. The van der Waals surface area contributed by atoms with Crippen LogP contribution in [-0.2, 0) is 16.0 Å². The summed E-state index contributed by atoms with van der Waals surface area (Å²) in [5.74, 6) is -1.19. The summed E-state index contributed by atoms with van der Waals surface area (Å²) in [5, 5.41) is 11.9. The lowest BCUT2D eigenvalue weighted by Gasteiger charge is -2.17. The first kappa shape index (κ1) is 19.6. The lowest BCUT2D eigenvalue weighted by atomic mass is 9.98. The summed E-state index contributed by atoms with van der Waals surface area (Å²) in [6, 6.07) is 16.7. The normalized spacial score (nSPS) is 13.2. The van der Waals surface area contributed by atoms with Crippen LogP contribution < -0.4 is 5.32 Å². The van der Waals surface area contributed by atoms with Gasteiger partial charge in [0.05, 0.1) is 0 Å². The van der Waals surface area contributed by atoms with E-state index in [1.165, 1.54) is 6.33 Å². The molecule has 1 aromatic heterocycles. The Hall–Kier alpha value is -3.74. The number of benzene rings is 2. The molecule has 0 unspecified atom stereocenters. The molecule has 3 aromatic rings. The standard InChI is InChI=1S/C23H21N3O4/c27-22(28)21(10-9-15-11-12-24-14-25-15)26-23(29)30-13-20-18-7-3-1-5-16(18)17-6-2-4-8-19(17)20/h1-8,11-12,14,20-21H,9-10,13H2,(H,26,29)(H,27,28)/t21-/m0/s1. The number of carbonyl (C=O) groups excluding carboxylic acids is 1. The number of hydrogen-bond donors (Lipinski definition) is 2. The predicted molar refractivity (Wildman–Crippen MR) is 110 cm³/mol. The molecule has 2 N–H and O–H groups in total. The van der Waals surface area contributed by atoms with Gasteiger partial charge in [-0.25, -0.2) is 19.6 Å². The molecule has 0 aliphatic heterocycles. The third-order valence-corrected chi connectivity index (χ3v) is 5.27. The van der Waals surface area contributed by atoms with Gasteiger partial charge in [0.1, 0.15) is 19.0 Å². The van der Waals surface area contributed by atoms with Crippen LogP contribution in [0.15, 0.2) is 67.1 Å². The maximum atomic E-state index is 12.3. The molecule has 0 spiro atoms. The number of nitrogens with one attached hydrogen (secondary N) is 1. The molecular formula is C23H21N3O4. The summed E-state index contributed by atoms with van der Waals surface area (Å²) in [5.41, 5.74) is 5.19. The van der Waals surface area contributed by atoms with Crippen LogP contribution in [0.2, 0.25) is 0 Å². The summed E-state index contributed by atoms with van der Waals surface area (Å²) in [4.78, 5) is 31.8. The molecule has 7 heteroatoms. The number of hydrogen-bond acceptors (Lipinski definition) is 5. The first-order valence-corrected chi connectivity index (χ1v) is 9.72. The Bertz CT molecular complexity index is 1010. The average molecular weight is 403 g/mol. The fraction of sp³-hybridized carbons (Fsp3) is 0.217. The van der Waals surface area contributed by atoms with Gasteiger partial charge in [-0.3, -0.25) is 0 Å². The first-order valence-electron chi connectivity index (χ1n) is 9.72. The van der Waals surface area contributed by atoms with Crippen molar-refractivity contribution in [3.05, 3.63) is 83.9 Å². The van der Waals surface area contributed by atoms with Gasteiger partial charge in [0.2, 0.25) is 0 Å². The molecule has 1 aliphatic rings. The second kappa shape index (κ2) is 8.73. The Morgan fingerprint density at radius 3 is 2.30 bits per heavy atom. The molecule has 1 heterocycles. The SMILES string of the molecule is O=C(N[C@@H](CCc1ccncn1)C(=O)O)OCC1c2ccccc2-c2ccccc21. The van der Waals surface area contributed by atoms with Crippen molar-refractivity contribution in [3.63, 3.8) is 0 Å². The number of aliphatic carboxylic acids is 1. The number of carboxylic acid groups (broad SMARTS) is 1. The molecular weight excluding hydrogens is 382 g/mol. The highest BCUT2D eigenvalue weighted by Gasteiger charge is 2.29. The van der Waals surface area contributed by atoms with Crippen molar-refractivity contribution in [2.24, 2.45) is 0 Å². The molecule has 0 saturated heterocycles. The Morgan fingerprint density at radius 2 is 1.70 bits per heavy atom. The third kappa shape index (κ3) is 4.15. The minimum Gasteiger partial charge on any atom is -0.480 e. The van der Waals surface area contributed by atoms with Crippen LogP contribution in [0.5, 0.6) is 0 Å². The quantitative estimate of drug-likeness (QED) is 0.627. The van der Waals surface area contributed by atoms with Crippen LogP contribution in [-0.4, -0.2) is 39.8 Å². The van der Waals surface area contributed by atoms with Gasteiger partial charge in [0.15, 0.2) is 0 Å².